The van der Waals surface area contributed by atoms with Gasteiger partial charge in [0.15, 0.2) is 5.65 Å². The second-order valence-electron chi connectivity index (χ2n) is 6.01. The van der Waals surface area contributed by atoms with Crippen molar-refractivity contribution >= 4 is 17.2 Å². The molecular formula is C18H16ClN5O. The summed E-state index contributed by atoms with van der Waals surface area (Å²) in [5.41, 5.74) is 3.13. The van der Waals surface area contributed by atoms with Gasteiger partial charge in [-0.1, -0.05) is 48.9 Å². The van der Waals surface area contributed by atoms with Gasteiger partial charge in [0.05, 0.1) is 16.9 Å². The molecule has 1 atom stereocenters. The van der Waals surface area contributed by atoms with Crippen molar-refractivity contribution < 1.29 is 0 Å². The first-order valence-electron chi connectivity index (χ1n) is 7.96. The maximum atomic E-state index is 12.5. The number of hydrogen-bond donors (Lipinski definition) is 1. The number of benzene rings is 1. The molecule has 0 aliphatic carbocycles. The Morgan fingerprint density at radius 2 is 2.08 bits per heavy atom. The normalized spacial score (nSPS) is 12.6. The van der Waals surface area contributed by atoms with Gasteiger partial charge in [0.25, 0.3) is 5.56 Å². The summed E-state index contributed by atoms with van der Waals surface area (Å²) in [5.74, 6) is 0.0205. The van der Waals surface area contributed by atoms with Crippen molar-refractivity contribution in [3.8, 4) is 11.1 Å². The molecule has 25 heavy (non-hydrogen) atoms. The number of H-pyrrole nitrogens is 1. The Kier molecular flexibility index (Phi) is 3.89. The van der Waals surface area contributed by atoms with Crippen LogP contribution >= 0.6 is 11.6 Å². The fourth-order valence-electron chi connectivity index (χ4n) is 2.89. The van der Waals surface area contributed by atoms with Gasteiger partial charge in [-0.15, -0.1) is 0 Å². The van der Waals surface area contributed by atoms with Crippen LogP contribution < -0.4 is 5.56 Å². The van der Waals surface area contributed by atoms with Crippen LogP contribution in [-0.2, 0) is 6.54 Å². The monoisotopic (exact) mass is 353 g/mol. The number of nitrogens with zero attached hydrogens (tertiary/aromatic N) is 4. The molecule has 0 aliphatic rings. The summed E-state index contributed by atoms with van der Waals surface area (Å²) in [7, 11) is 0. The van der Waals surface area contributed by atoms with E-state index in [1.807, 2.05) is 37.3 Å². The van der Waals surface area contributed by atoms with Crippen LogP contribution in [0.15, 0.2) is 59.8 Å². The Morgan fingerprint density at radius 1 is 1.28 bits per heavy atom. The summed E-state index contributed by atoms with van der Waals surface area (Å²) in [6.45, 7) is 2.61. The van der Waals surface area contributed by atoms with E-state index >= 15 is 0 Å². The first-order chi connectivity index (χ1) is 12.1. The molecule has 4 rings (SSSR count). The Hall–Kier alpha value is -2.86. The summed E-state index contributed by atoms with van der Waals surface area (Å²) < 4.78 is 3.22. The Morgan fingerprint density at radius 3 is 2.80 bits per heavy atom. The maximum Gasteiger partial charge on any atom is 0.272 e. The molecule has 1 unspecified atom stereocenters. The summed E-state index contributed by atoms with van der Waals surface area (Å²) >= 11 is 5.91. The highest BCUT2D eigenvalue weighted by Gasteiger charge is 2.15. The highest BCUT2D eigenvalue weighted by Crippen LogP contribution is 2.23. The second kappa shape index (κ2) is 6.22. The Balaban J connectivity index is 1.76. The molecule has 4 aromatic rings. The minimum atomic E-state index is -0.132. The van der Waals surface area contributed by atoms with Crippen molar-refractivity contribution in [2.45, 2.75) is 19.4 Å². The molecule has 0 aliphatic heterocycles. The van der Waals surface area contributed by atoms with Crippen LogP contribution in [0, 0.1) is 0 Å². The molecule has 0 fully saturated rings. The third-order valence-corrected chi connectivity index (χ3v) is 4.36. The van der Waals surface area contributed by atoms with Crippen LogP contribution in [-0.4, -0.2) is 24.4 Å². The molecule has 7 heteroatoms. The topological polar surface area (TPSA) is 68.0 Å². The predicted octanol–water partition coefficient (Wildman–Crippen LogP) is 3.34. The number of hydrogen-bond acceptors (Lipinski definition) is 3. The summed E-state index contributed by atoms with van der Waals surface area (Å²) in [6, 6.07) is 11.4. The molecule has 3 heterocycles. The number of aromatic amines is 1. The fourth-order valence-corrected chi connectivity index (χ4v) is 3.05. The molecule has 0 bridgehead atoms. The third kappa shape index (κ3) is 2.96. The largest absolute Gasteiger partial charge is 0.296 e. The second-order valence-corrected chi connectivity index (χ2v) is 6.45. The van der Waals surface area contributed by atoms with E-state index in [1.54, 1.807) is 29.3 Å². The SMILES string of the molecule is CC(Cn1cc(Cl)cn1)c1cc(=O)n2[nH]cc(-c3ccccc3)c2n1. The van der Waals surface area contributed by atoms with Crippen LogP contribution in [0.3, 0.4) is 0 Å². The predicted molar refractivity (Wildman–Crippen MR) is 96.9 cm³/mol. The summed E-state index contributed by atoms with van der Waals surface area (Å²) in [4.78, 5) is 17.2. The Bertz CT molecular complexity index is 1080. The minimum absolute atomic E-state index is 0.0205. The van der Waals surface area contributed by atoms with Crippen molar-refractivity contribution in [1.82, 2.24) is 24.4 Å². The highest BCUT2D eigenvalue weighted by molar-refractivity contribution is 6.30. The minimum Gasteiger partial charge on any atom is -0.296 e. The van der Waals surface area contributed by atoms with Gasteiger partial charge >= 0.3 is 0 Å². The smallest absolute Gasteiger partial charge is 0.272 e. The zero-order chi connectivity index (χ0) is 17.4. The molecular weight excluding hydrogens is 338 g/mol. The number of rotatable bonds is 4. The quantitative estimate of drug-likeness (QED) is 0.611. The van der Waals surface area contributed by atoms with E-state index in [0.717, 1.165) is 16.8 Å². The molecule has 0 saturated heterocycles. The molecule has 0 spiro atoms. The van der Waals surface area contributed by atoms with Crippen molar-refractivity contribution in [3.05, 3.63) is 76.1 Å². The average molecular weight is 354 g/mol. The first kappa shape index (κ1) is 15.7. The fraction of sp³-hybridized carbons (Fsp3) is 0.167. The van der Waals surface area contributed by atoms with E-state index in [2.05, 4.69) is 10.2 Å². The highest BCUT2D eigenvalue weighted by atomic mass is 35.5. The molecule has 0 saturated carbocycles. The van der Waals surface area contributed by atoms with Crippen LogP contribution in [0.5, 0.6) is 0 Å². The lowest BCUT2D eigenvalue weighted by atomic mass is 10.1. The molecule has 1 aromatic carbocycles. The van der Waals surface area contributed by atoms with Crippen LogP contribution in [0.25, 0.3) is 16.8 Å². The molecule has 6 nitrogen and oxygen atoms in total. The number of fused-ring (bicyclic) bond motifs is 1. The van der Waals surface area contributed by atoms with Crippen molar-refractivity contribution in [2.75, 3.05) is 0 Å². The van der Waals surface area contributed by atoms with E-state index < -0.39 is 0 Å². The zero-order valence-electron chi connectivity index (χ0n) is 13.6. The van der Waals surface area contributed by atoms with Gasteiger partial charge in [-0.2, -0.15) is 5.10 Å². The number of aromatic nitrogens is 5. The zero-order valence-corrected chi connectivity index (χ0v) is 14.3. The average Bonchev–Trinajstić information content (AvgIpc) is 3.22. The molecule has 126 valence electrons. The Labute approximate surface area is 148 Å². The van der Waals surface area contributed by atoms with Gasteiger partial charge in [0.1, 0.15) is 0 Å². The number of nitrogens with one attached hydrogen (secondary N) is 1. The summed E-state index contributed by atoms with van der Waals surface area (Å²) in [6.07, 6.45) is 5.16. The van der Waals surface area contributed by atoms with Gasteiger partial charge in [-0.25, -0.2) is 9.50 Å². The van der Waals surface area contributed by atoms with Crippen molar-refractivity contribution in [3.63, 3.8) is 0 Å². The summed E-state index contributed by atoms with van der Waals surface area (Å²) in [5, 5.41) is 7.76. The number of halogens is 1. The van der Waals surface area contributed by atoms with Gasteiger partial charge in [-0.3, -0.25) is 14.6 Å². The standard InChI is InChI=1S/C18H16ClN5O/c1-12(10-23-11-14(19)8-20-23)16-7-17(25)24-18(22-16)15(9-21-24)13-5-3-2-4-6-13/h2-9,11-12,21H,10H2,1H3. The van der Waals surface area contributed by atoms with E-state index in [4.69, 9.17) is 16.6 Å². The van der Waals surface area contributed by atoms with Gasteiger partial charge < -0.3 is 0 Å². The lowest BCUT2D eigenvalue weighted by Gasteiger charge is -2.11. The molecule has 1 N–H and O–H groups in total. The van der Waals surface area contributed by atoms with Crippen LogP contribution in [0.4, 0.5) is 0 Å². The van der Waals surface area contributed by atoms with Crippen LogP contribution in [0.1, 0.15) is 18.5 Å². The van der Waals surface area contributed by atoms with Gasteiger partial charge in [0, 0.05) is 36.5 Å². The third-order valence-electron chi connectivity index (χ3n) is 4.17. The molecule has 0 radical (unpaired) electrons. The van der Waals surface area contributed by atoms with E-state index in [-0.39, 0.29) is 11.5 Å². The lowest BCUT2D eigenvalue weighted by molar-refractivity contribution is 0.534. The van der Waals surface area contributed by atoms with Crippen LogP contribution in [0.2, 0.25) is 5.02 Å². The molecule has 3 aromatic heterocycles. The molecule has 0 amide bonds. The van der Waals surface area contributed by atoms with E-state index in [9.17, 15) is 4.79 Å². The van der Waals surface area contributed by atoms with Crippen molar-refractivity contribution in [2.24, 2.45) is 0 Å². The van der Waals surface area contributed by atoms with E-state index in [1.165, 1.54) is 4.52 Å². The maximum absolute atomic E-state index is 12.5. The first-order valence-corrected chi connectivity index (χ1v) is 8.34. The van der Waals surface area contributed by atoms with Crippen molar-refractivity contribution in [1.29, 1.82) is 0 Å². The van der Waals surface area contributed by atoms with E-state index in [0.29, 0.717) is 17.2 Å². The van der Waals surface area contributed by atoms with Gasteiger partial charge in [-0.05, 0) is 5.56 Å². The lowest BCUT2D eigenvalue weighted by Crippen LogP contribution is -2.18. The van der Waals surface area contributed by atoms with Gasteiger partial charge in [0.2, 0.25) is 0 Å².